The predicted molar refractivity (Wildman–Crippen MR) is 80.6 cm³/mol. The molecule has 0 aliphatic carbocycles. The molecule has 1 aliphatic rings. The normalized spacial score (nSPS) is 14.6. The van der Waals surface area contributed by atoms with E-state index in [1.807, 2.05) is 6.07 Å². The number of hydrogen-bond donors (Lipinski definition) is 2. The average Bonchev–Trinajstić information content (AvgIpc) is 2.88. The molecule has 0 saturated carbocycles. The Morgan fingerprint density at radius 2 is 2.33 bits per heavy atom. The Labute approximate surface area is 129 Å². The van der Waals surface area contributed by atoms with E-state index in [4.69, 9.17) is 4.74 Å². The van der Waals surface area contributed by atoms with E-state index in [0.29, 0.717) is 11.4 Å². The number of amides is 1. The maximum atomic E-state index is 12.2. The van der Waals surface area contributed by atoms with Gasteiger partial charge in [0.15, 0.2) is 5.69 Å². The van der Waals surface area contributed by atoms with E-state index in [-0.39, 0.29) is 17.6 Å². The fraction of sp³-hybridized carbons (Fsp3) is 0.308. The number of nitrogens with one attached hydrogen (secondary N) is 2. The van der Waals surface area contributed by atoms with Crippen molar-refractivity contribution in [2.24, 2.45) is 0 Å². The van der Waals surface area contributed by atoms with Gasteiger partial charge in [0.25, 0.3) is 5.91 Å². The van der Waals surface area contributed by atoms with Crippen LogP contribution < -0.4 is 15.4 Å². The summed E-state index contributed by atoms with van der Waals surface area (Å²) in [6, 6.07) is 5.63. The number of carbonyl (C=O) groups is 1. The minimum absolute atomic E-state index is 0.280. The highest BCUT2D eigenvalue weighted by Crippen LogP contribution is 2.27. The maximum Gasteiger partial charge on any atom is 0.277 e. The molecule has 1 aromatic heterocycles. The molecule has 3 rings (SSSR count). The molecule has 2 aromatic rings. The minimum atomic E-state index is -0.303. The Hall–Kier alpha value is -1.93. The van der Waals surface area contributed by atoms with Gasteiger partial charge in [0.05, 0.1) is 25.0 Å². The highest BCUT2D eigenvalue weighted by Gasteiger charge is 2.22. The minimum Gasteiger partial charge on any atom is -0.497 e. The van der Waals surface area contributed by atoms with E-state index in [9.17, 15) is 4.79 Å². The molecular weight excluding hydrogens is 338 g/mol. The third-order valence-electron chi connectivity index (χ3n) is 3.30. The Bertz CT molecular complexity index is 668. The average molecular weight is 352 g/mol. The van der Waals surface area contributed by atoms with Crippen molar-refractivity contribution < 1.29 is 9.53 Å². The van der Waals surface area contributed by atoms with Gasteiger partial charge in [-0.1, -0.05) is 5.21 Å². The summed E-state index contributed by atoms with van der Waals surface area (Å²) in [5.41, 5.74) is 0.913. The van der Waals surface area contributed by atoms with Crippen LogP contribution in [-0.4, -0.2) is 41.1 Å². The lowest BCUT2D eigenvalue weighted by molar-refractivity contribution is 0.102. The Balaban J connectivity index is 1.75. The molecular formula is C13H14BrN5O2. The van der Waals surface area contributed by atoms with Crippen molar-refractivity contribution in [3.05, 3.63) is 34.6 Å². The van der Waals surface area contributed by atoms with Crippen LogP contribution in [0, 0.1) is 0 Å². The van der Waals surface area contributed by atoms with Crippen LogP contribution in [0.4, 0.5) is 5.69 Å². The van der Waals surface area contributed by atoms with E-state index >= 15 is 0 Å². The zero-order valence-corrected chi connectivity index (χ0v) is 12.9. The van der Waals surface area contributed by atoms with Crippen LogP contribution in [0.3, 0.4) is 0 Å². The summed E-state index contributed by atoms with van der Waals surface area (Å²) >= 11 is 3.39. The monoisotopic (exact) mass is 351 g/mol. The van der Waals surface area contributed by atoms with Gasteiger partial charge in [0.2, 0.25) is 0 Å². The van der Waals surface area contributed by atoms with Gasteiger partial charge in [-0.15, -0.1) is 5.10 Å². The number of anilines is 1. The lowest BCUT2D eigenvalue weighted by atomic mass is 10.2. The molecule has 0 spiro atoms. The van der Waals surface area contributed by atoms with E-state index in [1.165, 1.54) is 0 Å². The number of rotatable bonds is 4. The Morgan fingerprint density at radius 3 is 3.00 bits per heavy atom. The van der Waals surface area contributed by atoms with Crippen LogP contribution in [0.1, 0.15) is 16.5 Å². The topological polar surface area (TPSA) is 81.1 Å². The summed E-state index contributed by atoms with van der Waals surface area (Å²) in [6.45, 7) is 1.71. The number of nitrogens with zero attached hydrogens (tertiary/aromatic N) is 3. The summed E-state index contributed by atoms with van der Waals surface area (Å²) in [5.74, 6) is 0.361. The number of methoxy groups -OCH3 is 1. The molecule has 0 radical (unpaired) electrons. The first kappa shape index (κ1) is 14.0. The molecule has 1 fully saturated rings. The Kier molecular flexibility index (Phi) is 3.89. The fourth-order valence-electron chi connectivity index (χ4n) is 1.93. The largest absolute Gasteiger partial charge is 0.497 e. The van der Waals surface area contributed by atoms with Crippen LogP contribution >= 0.6 is 15.9 Å². The van der Waals surface area contributed by atoms with Gasteiger partial charge in [-0.05, 0) is 28.1 Å². The van der Waals surface area contributed by atoms with Gasteiger partial charge in [-0.25, -0.2) is 4.68 Å². The third kappa shape index (κ3) is 2.91. The first-order valence-electron chi connectivity index (χ1n) is 6.45. The summed E-state index contributed by atoms with van der Waals surface area (Å²) in [5, 5.41) is 13.8. The van der Waals surface area contributed by atoms with Gasteiger partial charge >= 0.3 is 0 Å². The van der Waals surface area contributed by atoms with Gasteiger partial charge < -0.3 is 15.4 Å². The van der Waals surface area contributed by atoms with Crippen LogP contribution in [0.25, 0.3) is 0 Å². The molecule has 110 valence electrons. The molecule has 1 amide bonds. The van der Waals surface area contributed by atoms with Crippen molar-refractivity contribution in [2.45, 2.75) is 6.04 Å². The summed E-state index contributed by atoms with van der Waals surface area (Å²) < 4.78 is 7.63. The molecule has 1 aliphatic heterocycles. The fourth-order valence-corrected chi connectivity index (χ4v) is 2.28. The van der Waals surface area contributed by atoms with Crippen LogP contribution in [0.5, 0.6) is 5.75 Å². The van der Waals surface area contributed by atoms with Crippen molar-refractivity contribution in [1.29, 1.82) is 0 Å². The summed E-state index contributed by atoms with van der Waals surface area (Å²) in [7, 11) is 1.58. The molecule has 2 heterocycles. The van der Waals surface area contributed by atoms with Gasteiger partial charge in [0, 0.05) is 23.6 Å². The second-order valence-electron chi connectivity index (χ2n) is 4.70. The second-order valence-corrected chi connectivity index (χ2v) is 5.55. The zero-order chi connectivity index (χ0) is 14.8. The van der Waals surface area contributed by atoms with Crippen molar-refractivity contribution in [3.8, 4) is 5.75 Å². The van der Waals surface area contributed by atoms with Crippen molar-refractivity contribution in [2.75, 3.05) is 25.5 Å². The van der Waals surface area contributed by atoms with Crippen molar-refractivity contribution in [3.63, 3.8) is 0 Å². The van der Waals surface area contributed by atoms with Crippen LogP contribution in [0.2, 0.25) is 0 Å². The molecule has 8 heteroatoms. The van der Waals surface area contributed by atoms with Gasteiger partial charge in [-0.2, -0.15) is 0 Å². The number of carbonyl (C=O) groups excluding carboxylic acids is 1. The van der Waals surface area contributed by atoms with E-state index in [0.717, 1.165) is 17.6 Å². The van der Waals surface area contributed by atoms with Gasteiger partial charge in [0.1, 0.15) is 5.75 Å². The highest BCUT2D eigenvalue weighted by atomic mass is 79.9. The van der Waals surface area contributed by atoms with Crippen LogP contribution in [0.15, 0.2) is 28.9 Å². The number of benzene rings is 1. The second kappa shape index (κ2) is 5.82. The zero-order valence-electron chi connectivity index (χ0n) is 11.3. The molecule has 7 nitrogen and oxygen atoms in total. The maximum absolute atomic E-state index is 12.2. The number of hydrogen-bond acceptors (Lipinski definition) is 5. The highest BCUT2D eigenvalue weighted by molar-refractivity contribution is 9.10. The lowest BCUT2D eigenvalue weighted by Gasteiger charge is -2.26. The smallest absolute Gasteiger partial charge is 0.277 e. The third-order valence-corrected chi connectivity index (χ3v) is 3.99. The summed E-state index contributed by atoms with van der Waals surface area (Å²) in [6.07, 6.45) is 1.66. The number of ether oxygens (including phenoxy) is 1. The number of halogens is 1. The molecule has 1 aromatic carbocycles. The quantitative estimate of drug-likeness (QED) is 0.871. The van der Waals surface area contributed by atoms with E-state index in [2.05, 4.69) is 36.9 Å². The van der Waals surface area contributed by atoms with Crippen LogP contribution in [-0.2, 0) is 0 Å². The van der Waals surface area contributed by atoms with Crippen molar-refractivity contribution >= 4 is 27.5 Å². The first-order valence-corrected chi connectivity index (χ1v) is 7.24. The lowest BCUT2D eigenvalue weighted by Crippen LogP contribution is -2.43. The molecule has 0 unspecified atom stereocenters. The molecule has 21 heavy (non-hydrogen) atoms. The van der Waals surface area contributed by atoms with E-state index < -0.39 is 0 Å². The van der Waals surface area contributed by atoms with Gasteiger partial charge in [-0.3, -0.25) is 4.79 Å². The summed E-state index contributed by atoms with van der Waals surface area (Å²) in [4.78, 5) is 12.2. The first-order chi connectivity index (χ1) is 10.2. The molecule has 2 N–H and O–H groups in total. The van der Waals surface area contributed by atoms with E-state index in [1.54, 1.807) is 30.1 Å². The molecule has 1 saturated heterocycles. The Morgan fingerprint density at radius 1 is 1.52 bits per heavy atom. The SMILES string of the molecule is COc1ccc(Br)c(NC(=O)c2cn(C3CNC3)nn2)c1. The molecule has 0 atom stereocenters. The predicted octanol–water partition coefficient (Wildman–Crippen LogP) is 1.45. The standard InChI is InChI=1S/C13H14BrN5O2/c1-21-9-2-3-10(14)11(4-9)16-13(20)12-7-19(18-17-12)8-5-15-6-8/h2-4,7-8,15H,5-6H2,1H3,(H,16,20). The number of aromatic nitrogens is 3. The van der Waals surface area contributed by atoms with Crippen molar-refractivity contribution in [1.82, 2.24) is 20.3 Å². The molecule has 0 bridgehead atoms.